The van der Waals surface area contributed by atoms with E-state index < -0.39 is 0 Å². The molecule has 21 heavy (non-hydrogen) atoms. The highest BCUT2D eigenvalue weighted by Crippen LogP contribution is 2.35. The van der Waals surface area contributed by atoms with Crippen LogP contribution in [0.4, 0.5) is 5.82 Å². The van der Waals surface area contributed by atoms with E-state index in [0.29, 0.717) is 0 Å². The molecule has 2 aromatic rings. The van der Waals surface area contributed by atoms with E-state index in [4.69, 9.17) is 9.47 Å². The molecule has 0 saturated heterocycles. The Hall–Kier alpha value is -1.95. The fraction of sp³-hybridized carbons (Fsp3) is 0.333. The molecule has 0 saturated carbocycles. The van der Waals surface area contributed by atoms with Crippen LogP contribution in [0.1, 0.15) is 5.56 Å². The van der Waals surface area contributed by atoms with E-state index in [1.807, 2.05) is 30.3 Å². The van der Waals surface area contributed by atoms with Gasteiger partial charge in [0, 0.05) is 30.9 Å². The van der Waals surface area contributed by atoms with E-state index in [1.165, 1.54) is 0 Å². The number of hydrogen-bond donors (Lipinski definition) is 0. The summed E-state index contributed by atoms with van der Waals surface area (Å²) in [4.78, 5) is 11.6. The molecule has 1 aromatic heterocycles. The summed E-state index contributed by atoms with van der Waals surface area (Å²) in [6, 6.07) is 4.01. The van der Waals surface area contributed by atoms with Crippen molar-refractivity contribution in [1.82, 2.24) is 9.97 Å². The summed E-state index contributed by atoms with van der Waals surface area (Å²) in [6.45, 7) is 0.717. The zero-order valence-corrected chi connectivity index (χ0v) is 13.5. The predicted octanol–water partition coefficient (Wildman–Crippen LogP) is 2.85. The van der Waals surface area contributed by atoms with Gasteiger partial charge in [0.25, 0.3) is 0 Å². The first kappa shape index (κ1) is 15.4. The Morgan fingerprint density at radius 3 is 2.43 bits per heavy atom. The van der Waals surface area contributed by atoms with Gasteiger partial charge in [0.2, 0.25) is 0 Å². The molecule has 2 rings (SSSR count). The molecular formula is C15H19N3O2S. The number of ether oxygens (including phenoxy) is 2. The van der Waals surface area contributed by atoms with E-state index in [-0.39, 0.29) is 0 Å². The third kappa shape index (κ3) is 3.58. The Balaban J connectivity index is 2.30. The molecule has 1 aromatic carbocycles. The van der Waals surface area contributed by atoms with Crippen LogP contribution in [0.5, 0.6) is 11.5 Å². The van der Waals surface area contributed by atoms with Gasteiger partial charge in [-0.05, 0) is 24.0 Å². The summed E-state index contributed by atoms with van der Waals surface area (Å²) in [5, 5.41) is 0. The second-order valence-electron chi connectivity index (χ2n) is 4.44. The Kier molecular flexibility index (Phi) is 5.27. The molecule has 0 aliphatic rings. The fourth-order valence-electron chi connectivity index (χ4n) is 2.04. The number of thioether (sulfide) groups is 1. The van der Waals surface area contributed by atoms with E-state index in [2.05, 4.69) is 9.97 Å². The highest BCUT2D eigenvalue weighted by atomic mass is 32.2. The molecule has 0 radical (unpaired) electrons. The lowest BCUT2D eigenvalue weighted by Gasteiger charge is -2.20. The summed E-state index contributed by atoms with van der Waals surface area (Å²) < 4.78 is 10.7. The molecule has 6 heteroatoms. The van der Waals surface area contributed by atoms with Gasteiger partial charge in [-0.2, -0.15) is 0 Å². The van der Waals surface area contributed by atoms with Gasteiger partial charge in [-0.25, -0.2) is 4.98 Å². The molecule has 0 unspecified atom stereocenters. The van der Waals surface area contributed by atoms with Crippen molar-refractivity contribution in [1.29, 1.82) is 0 Å². The minimum Gasteiger partial charge on any atom is -0.493 e. The van der Waals surface area contributed by atoms with Crippen molar-refractivity contribution >= 4 is 17.6 Å². The first-order valence-electron chi connectivity index (χ1n) is 6.45. The molecule has 112 valence electrons. The summed E-state index contributed by atoms with van der Waals surface area (Å²) in [6.07, 6.45) is 7.16. The highest BCUT2D eigenvalue weighted by Gasteiger charge is 2.13. The molecule has 0 amide bonds. The van der Waals surface area contributed by atoms with E-state index in [9.17, 15) is 0 Å². The van der Waals surface area contributed by atoms with Gasteiger partial charge >= 0.3 is 0 Å². The smallest absolute Gasteiger partial charge is 0.161 e. The number of methoxy groups -OCH3 is 2. The Labute approximate surface area is 129 Å². The normalized spacial score (nSPS) is 10.3. The van der Waals surface area contributed by atoms with Gasteiger partial charge in [-0.15, -0.1) is 11.8 Å². The van der Waals surface area contributed by atoms with Gasteiger partial charge in [-0.1, -0.05) is 0 Å². The van der Waals surface area contributed by atoms with Crippen LogP contribution in [0.2, 0.25) is 0 Å². The topological polar surface area (TPSA) is 47.5 Å². The second kappa shape index (κ2) is 7.17. The van der Waals surface area contributed by atoms with Gasteiger partial charge in [0.1, 0.15) is 5.82 Å². The minimum atomic E-state index is 0.717. The highest BCUT2D eigenvalue weighted by molar-refractivity contribution is 7.98. The average molecular weight is 305 g/mol. The molecule has 5 nitrogen and oxygen atoms in total. The van der Waals surface area contributed by atoms with Crippen LogP contribution < -0.4 is 14.4 Å². The summed E-state index contributed by atoms with van der Waals surface area (Å²) in [5.41, 5.74) is 1.16. The first-order valence-corrected chi connectivity index (χ1v) is 7.68. The molecule has 0 fully saturated rings. The number of rotatable bonds is 6. The van der Waals surface area contributed by atoms with Crippen LogP contribution in [-0.2, 0) is 6.54 Å². The van der Waals surface area contributed by atoms with Gasteiger partial charge < -0.3 is 14.4 Å². The molecule has 0 N–H and O–H groups in total. The molecule has 0 spiro atoms. The lowest BCUT2D eigenvalue weighted by atomic mass is 10.2. The monoisotopic (exact) mass is 305 g/mol. The van der Waals surface area contributed by atoms with Crippen molar-refractivity contribution in [3.8, 4) is 11.5 Å². The zero-order chi connectivity index (χ0) is 15.2. The predicted molar refractivity (Wildman–Crippen MR) is 85.5 cm³/mol. The molecule has 0 aliphatic carbocycles. The molecular weight excluding hydrogens is 286 g/mol. The van der Waals surface area contributed by atoms with Crippen molar-refractivity contribution in [3.05, 3.63) is 36.3 Å². The largest absolute Gasteiger partial charge is 0.493 e. The van der Waals surface area contributed by atoms with E-state index >= 15 is 0 Å². The number of nitrogens with zero attached hydrogens (tertiary/aromatic N) is 3. The minimum absolute atomic E-state index is 0.717. The fourth-order valence-corrected chi connectivity index (χ4v) is 2.65. The SMILES string of the molecule is COc1cc(CN(C)c2cnccn2)c(SC)cc1OC. The van der Waals surface area contributed by atoms with Crippen molar-refractivity contribution in [3.63, 3.8) is 0 Å². The van der Waals surface area contributed by atoms with Crippen LogP contribution in [0.3, 0.4) is 0 Å². The van der Waals surface area contributed by atoms with Crippen LogP contribution in [-0.4, -0.2) is 37.5 Å². The van der Waals surface area contributed by atoms with E-state index in [1.54, 1.807) is 44.6 Å². The zero-order valence-electron chi connectivity index (χ0n) is 12.7. The quantitative estimate of drug-likeness (QED) is 0.765. The van der Waals surface area contributed by atoms with Crippen LogP contribution in [0, 0.1) is 0 Å². The standard InChI is InChI=1S/C15H19N3O2S/c1-18(15-9-16-5-6-17-15)10-11-7-12(19-2)13(20-3)8-14(11)21-4/h5-9H,10H2,1-4H3. The lowest BCUT2D eigenvalue weighted by Crippen LogP contribution is -2.18. The summed E-state index contributed by atoms with van der Waals surface area (Å²) in [7, 11) is 5.28. The third-order valence-electron chi connectivity index (χ3n) is 3.13. The molecule has 1 heterocycles. The average Bonchev–Trinajstić information content (AvgIpc) is 2.55. The van der Waals surface area contributed by atoms with Crippen LogP contribution in [0.15, 0.2) is 35.6 Å². The third-order valence-corrected chi connectivity index (χ3v) is 3.95. The maximum Gasteiger partial charge on any atom is 0.161 e. The number of hydrogen-bond acceptors (Lipinski definition) is 6. The van der Waals surface area contributed by atoms with Crippen molar-refractivity contribution in [2.45, 2.75) is 11.4 Å². The van der Waals surface area contributed by atoms with Gasteiger partial charge in [0.15, 0.2) is 11.5 Å². The second-order valence-corrected chi connectivity index (χ2v) is 5.29. The van der Waals surface area contributed by atoms with E-state index in [0.717, 1.165) is 34.3 Å². The Morgan fingerprint density at radius 2 is 1.86 bits per heavy atom. The molecule has 0 atom stereocenters. The van der Waals surface area contributed by atoms with Crippen molar-refractivity contribution in [2.24, 2.45) is 0 Å². The summed E-state index contributed by atoms with van der Waals surface area (Å²) in [5.74, 6) is 2.31. The van der Waals surface area contributed by atoms with Crippen LogP contribution in [0.25, 0.3) is 0 Å². The molecule has 0 bridgehead atoms. The first-order chi connectivity index (χ1) is 10.2. The van der Waals surface area contributed by atoms with Crippen molar-refractivity contribution < 1.29 is 9.47 Å². The Bertz CT molecular complexity index is 593. The van der Waals surface area contributed by atoms with Crippen molar-refractivity contribution in [2.75, 3.05) is 32.4 Å². The number of anilines is 1. The number of aromatic nitrogens is 2. The summed E-state index contributed by atoms with van der Waals surface area (Å²) >= 11 is 1.68. The molecule has 0 aliphatic heterocycles. The van der Waals surface area contributed by atoms with Gasteiger partial charge in [0.05, 0.1) is 20.4 Å². The van der Waals surface area contributed by atoms with Crippen LogP contribution >= 0.6 is 11.8 Å². The maximum atomic E-state index is 5.38. The lowest BCUT2D eigenvalue weighted by molar-refractivity contribution is 0.353. The maximum absolute atomic E-state index is 5.38. The van der Waals surface area contributed by atoms with Gasteiger partial charge in [-0.3, -0.25) is 4.98 Å². The number of benzene rings is 1. The Morgan fingerprint density at radius 1 is 1.14 bits per heavy atom.